The molecule has 24 heavy (non-hydrogen) atoms. The number of fused-ring (bicyclic) bond motifs is 1. The predicted octanol–water partition coefficient (Wildman–Crippen LogP) is 3.83. The van der Waals surface area contributed by atoms with Crippen LogP contribution in [-0.2, 0) is 7.05 Å². The summed E-state index contributed by atoms with van der Waals surface area (Å²) >= 11 is 5.53. The van der Waals surface area contributed by atoms with Crippen LogP contribution in [0, 0.1) is 10.2 Å². The van der Waals surface area contributed by atoms with Gasteiger partial charge in [-0.25, -0.2) is 4.98 Å². The van der Waals surface area contributed by atoms with Crippen molar-refractivity contribution in [2.24, 2.45) is 7.05 Å². The van der Waals surface area contributed by atoms with Crippen molar-refractivity contribution in [2.75, 3.05) is 0 Å². The van der Waals surface area contributed by atoms with E-state index in [1.165, 1.54) is 0 Å². The standard InChI is InChI=1S/C18H14N4OS/c1-21-17-14(20-16(23-17)12-8-4-2-5-9-12)15(19)22(18(21)24)13-10-6-3-7-11-13/h2-11,19H,1H3. The van der Waals surface area contributed by atoms with Gasteiger partial charge in [0.05, 0.1) is 0 Å². The highest BCUT2D eigenvalue weighted by Gasteiger charge is 2.15. The van der Waals surface area contributed by atoms with Gasteiger partial charge in [-0.2, -0.15) is 0 Å². The molecule has 0 bridgehead atoms. The molecule has 2 aromatic carbocycles. The molecule has 6 heteroatoms. The Bertz CT molecular complexity index is 1140. The van der Waals surface area contributed by atoms with E-state index in [9.17, 15) is 0 Å². The lowest BCUT2D eigenvalue weighted by molar-refractivity contribution is 0.578. The van der Waals surface area contributed by atoms with E-state index in [-0.39, 0.29) is 5.49 Å². The molecule has 2 heterocycles. The van der Waals surface area contributed by atoms with E-state index < -0.39 is 0 Å². The molecular formula is C18H14N4OS. The zero-order valence-corrected chi connectivity index (χ0v) is 13.7. The van der Waals surface area contributed by atoms with Gasteiger partial charge in [0, 0.05) is 18.3 Å². The first-order valence-corrected chi connectivity index (χ1v) is 7.85. The largest absolute Gasteiger partial charge is 0.419 e. The highest BCUT2D eigenvalue weighted by molar-refractivity contribution is 7.71. The maximum Gasteiger partial charge on any atom is 0.234 e. The monoisotopic (exact) mass is 334 g/mol. The van der Waals surface area contributed by atoms with Gasteiger partial charge in [-0.15, -0.1) is 0 Å². The van der Waals surface area contributed by atoms with Crippen LogP contribution in [0.1, 0.15) is 0 Å². The quantitative estimate of drug-likeness (QED) is 0.567. The number of para-hydroxylation sites is 1. The van der Waals surface area contributed by atoms with E-state index in [4.69, 9.17) is 22.0 Å². The second-order valence-corrected chi connectivity index (χ2v) is 5.77. The molecule has 2 aromatic heterocycles. The molecule has 0 spiro atoms. The average molecular weight is 334 g/mol. The van der Waals surface area contributed by atoms with E-state index in [0.717, 1.165) is 11.3 Å². The molecule has 5 nitrogen and oxygen atoms in total. The summed E-state index contributed by atoms with van der Waals surface area (Å²) in [5.41, 5.74) is 2.88. The van der Waals surface area contributed by atoms with Crippen LogP contribution in [0.4, 0.5) is 0 Å². The minimum atomic E-state index is 0.213. The average Bonchev–Trinajstić information content (AvgIpc) is 3.08. The van der Waals surface area contributed by atoms with Crippen molar-refractivity contribution in [1.82, 2.24) is 14.1 Å². The molecule has 0 fully saturated rings. The first kappa shape index (κ1) is 14.6. The van der Waals surface area contributed by atoms with Gasteiger partial charge < -0.3 is 4.42 Å². The van der Waals surface area contributed by atoms with E-state index in [1.807, 2.05) is 67.7 Å². The summed E-state index contributed by atoms with van der Waals surface area (Å²) in [5.74, 6) is 0.481. The maximum absolute atomic E-state index is 8.55. The Balaban J connectivity index is 2.05. The van der Waals surface area contributed by atoms with Gasteiger partial charge >= 0.3 is 0 Å². The molecule has 1 N–H and O–H groups in total. The number of hydrogen-bond donors (Lipinski definition) is 1. The number of oxazole rings is 1. The summed E-state index contributed by atoms with van der Waals surface area (Å²) < 4.78 is 9.80. The Kier molecular flexibility index (Phi) is 3.39. The van der Waals surface area contributed by atoms with Gasteiger partial charge in [-0.05, 0) is 36.5 Å². The van der Waals surface area contributed by atoms with Crippen LogP contribution in [0.25, 0.3) is 28.4 Å². The van der Waals surface area contributed by atoms with Crippen LogP contribution in [0.3, 0.4) is 0 Å². The lowest BCUT2D eigenvalue weighted by Crippen LogP contribution is -2.23. The number of aryl methyl sites for hydroxylation is 1. The van der Waals surface area contributed by atoms with Crippen LogP contribution < -0.4 is 5.49 Å². The molecule has 0 aliphatic rings. The molecule has 0 aliphatic heterocycles. The molecule has 0 amide bonds. The molecule has 0 atom stereocenters. The first-order valence-electron chi connectivity index (χ1n) is 7.45. The lowest BCUT2D eigenvalue weighted by atomic mass is 10.2. The van der Waals surface area contributed by atoms with Crippen molar-refractivity contribution in [2.45, 2.75) is 0 Å². The van der Waals surface area contributed by atoms with Gasteiger partial charge in [0.25, 0.3) is 0 Å². The van der Waals surface area contributed by atoms with E-state index in [0.29, 0.717) is 21.9 Å². The number of hydrogen-bond acceptors (Lipinski definition) is 4. The molecule has 0 radical (unpaired) electrons. The van der Waals surface area contributed by atoms with Crippen molar-refractivity contribution >= 4 is 23.4 Å². The topological polar surface area (TPSA) is 59.7 Å². The fourth-order valence-corrected chi connectivity index (χ4v) is 2.93. The summed E-state index contributed by atoms with van der Waals surface area (Å²) in [5, 5.41) is 8.55. The first-order chi connectivity index (χ1) is 11.7. The van der Waals surface area contributed by atoms with E-state index in [2.05, 4.69) is 4.98 Å². The Morgan fingerprint density at radius 3 is 2.29 bits per heavy atom. The van der Waals surface area contributed by atoms with Gasteiger partial charge in [0.15, 0.2) is 15.8 Å². The zero-order valence-electron chi connectivity index (χ0n) is 12.9. The minimum Gasteiger partial charge on any atom is -0.419 e. The molecular weight excluding hydrogens is 320 g/mol. The Morgan fingerprint density at radius 1 is 1.00 bits per heavy atom. The number of benzene rings is 2. The maximum atomic E-state index is 8.55. The van der Waals surface area contributed by atoms with E-state index in [1.54, 1.807) is 9.13 Å². The van der Waals surface area contributed by atoms with Crippen molar-refractivity contribution in [1.29, 1.82) is 5.41 Å². The highest BCUT2D eigenvalue weighted by atomic mass is 32.1. The van der Waals surface area contributed by atoms with Crippen LogP contribution >= 0.6 is 12.2 Å². The Labute approximate surface area is 143 Å². The summed E-state index contributed by atoms with van der Waals surface area (Å²) in [4.78, 5) is 4.53. The van der Waals surface area contributed by atoms with Gasteiger partial charge in [0.1, 0.15) is 0 Å². The van der Waals surface area contributed by atoms with Crippen LogP contribution in [0.15, 0.2) is 65.1 Å². The van der Waals surface area contributed by atoms with Crippen molar-refractivity contribution in [3.8, 4) is 17.1 Å². The number of nitrogens with zero attached hydrogens (tertiary/aromatic N) is 3. The van der Waals surface area contributed by atoms with Crippen LogP contribution in [0.5, 0.6) is 0 Å². The fourth-order valence-electron chi connectivity index (χ4n) is 2.65. The molecule has 4 rings (SSSR count). The van der Waals surface area contributed by atoms with Gasteiger partial charge in [-0.3, -0.25) is 14.5 Å². The molecule has 0 saturated heterocycles. The molecule has 0 unspecified atom stereocenters. The Hall–Kier alpha value is -2.99. The summed E-state index contributed by atoms with van der Waals surface area (Å²) in [6, 6.07) is 19.2. The summed E-state index contributed by atoms with van der Waals surface area (Å²) in [6.07, 6.45) is 0. The second kappa shape index (κ2) is 5.58. The van der Waals surface area contributed by atoms with Crippen LogP contribution in [-0.4, -0.2) is 14.1 Å². The SMILES string of the molecule is Cn1c(=S)n(-c2ccccc2)c(=N)c2nc(-c3ccccc3)oc21. The molecule has 0 aliphatic carbocycles. The smallest absolute Gasteiger partial charge is 0.234 e. The Morgan fingerprint density at radius 2 is 1.62 bits per heavy atom. The van der Waals surface area contributed by atoms with E-state index >= 15 is 0 Å². The summed E-state index contributed by atoms with van der Waals surface area (Å²) in [7, 11) is 1.82. The third kappa shape index (κ3) is 2.19. The van der Waals surface area contributed by atoms with Gasteiger partial charge in [-0.1, -0.05) is 36.4 Å². The fraction of sp³-hybridized carbons (Fsp3) is 0.0556. The zero-order chi connectivity index (χ0) is 16.7. The van der Waals surface area contributed by atoms with Crippen molar-refractivity contribution in [3.05, 3.63) is 70.9 Å². The van der Waals surface area contributed by atoms with Gasteiger partial charge in [0.2, 0.25) is 11.6 Å². The summed E-state index contributed by atoms with van der Waals surface area (Å²) in [6.45, 7) is 0. The number of aromatic nitrogens is 3. The van der Waals surface area contributed by atoms with Crippen molar-refractivity contribution < 1.29 is 4.42 Å². The van der Waals surface area contributed by atoms with Crippen molar-refractivity contribution in [3.63, 3.8) is 0 Å². The highest BCUT2D eigenvalue weighted by Crippen LogP contribution is 2.22. The molecule has 0 saturated carbocycles. The molecule has 4 aromatic rings. The third-order valence-corrected chi connectivity index (χ3v) is 4.33. The van der Waals surface area contributed by atoms with Crippen LogP contribution in [0.2, 0.25) is 0 Å². The third-order valence-electron chi connectivity index (χ3n) is 3.88. The normalized spacial score (nSPS) is 11.0. The number of rotatable bonds is 2. The molecule has 118 valence electrons. The minimum absolute atomic E-state index is 0.213. The second-order valence-electron chi connectivity index (χ2n) is 5.40. The predicted molar refractivity (Wildman–Crippen MR) is 94.4 cm³/mol. The number of nitrogens with one attached hydrogen (secondary N) is 1. The lowest BCUT2D eigenvalue weighted by Gasteiger charge is -2.10.